The van der Waals surface area contributed by atoms with E-state index in [4.69, 9.17) is 5.73 Å². The van der Waals surface area contributed by atoms with E-state index < -0.39 is 5.41 Å². The molecule has 1 atom stereocenters. The summed E-state index contributed by atoms with van der Waals surface area (Å²) in [7, 11) is 0. The largest absolute Gasteiger partial charge is 0.369 e. The molecule has 1 amide bonds. The lowest BCUT2D eigenvalue weighted by Gasteiger charge is -2.27. The van der Waals surface area contributed by atoms with Crippen molar-refractivity contribution >= 4 is 5.91 Å². The number of hydrogen-bond donors (Lipinski definition) is 1. The molecule has 0 aliphatic rings. The molecule has 1 heterocycles. The van der Waals surface area contributed by atoms with Gasteiger partial charge in [0.15, 0.2) is 0 Å². The normalized spacial score (nSPS) is 13.8. The minimum Gasteiger partial charge on any atom is -0.369 e. The van der Waals surface area contributed by atoms with Gasteiger partial charge in [0, 0.05) is 17.2 Å². The maximum atomic E-state index is 11.4. The highest BCUT2D eigenvalue weighted by atomic mass is 16.1. The Hall–Kier alpha value is -1.32. The predicted molar refractivity (Wildman–Crippen MR) is 68.7 cm³/mol. The molecule has 0 spiro atoms. The maximum absolute atomic E-state index is 11.4. The molecule has 0 aliphatic carbocycles. The number of aryl methyl sites for hydroxylation is 2. The van der Waals surface area contributed by atoms with Gasteiger partial charge in [0.05, 0.1) is 5.69 Å². The van der Waals surface area contributed by atoms with Crippen molar-refractivity contribution in [3.05, 3.63) is 17.2 Å². The zero-order valence-corrected chi connectivity index (χ0v) is 11.7. The summed E-state index contributed by atoms with van der Waals surface area (Å²) < 4.78 is 2.18. The zero-order chi connectivity index (χ0) is 13.4. The van der Waals surface area contributed by atoms with Gasteiger partial charge in [0.2, 0.25) is 5.91 Å². The summed E-state index contributed by atoms with van der Waals surface area (Å²) >= 11 is 0. The molecule has 4 heteroatoms. The summed E-state index contributed by atoms with van der Waals surface area (Å²) in [4.78, 5) is 15.8. The van der Waals surface area contributed by atoms with Gasteiger partial charge in [-0.05, 0) is 34.1 Å². The minimum atomic E-state index is -0.490. The Bertz CT molecular complexity index is 432. The Balaban J connectivity index is 2.98. The fourth-order valence-corrected chi connectivity index (χ4v) is 2.37. The second kappa shape index (κ2) is 4.51. The van der Waals surface area contributed by atoms with Crippen LogP contribution in [0.3, 0.4) is 0 Å². The fourth-order valence-electron chi connectivity index (χ4n) is 2.37. The SMILES string of the molecule is Cc1nc(C)n(C(C)CC(C)(C)C(N)=O)c1C. The van der Waals surface area contributed by atoms with Crippen LogP contribution in [0.25, 0.3) is 0 Å². The highest BCUT2D eigenvalue weighted by Crippen LogP contribution is 2.29. The Kier molecular flexibility index (Phi) is 3.65. The minimum absolute atomic E-state index is 0.221. The first-order valence-corrected chi connectivity index (χ1v) is 5.98. The van der Waals surface area contributed by atoms with E-state index in [0.717, 1.165) is 23.6 Å². The number of nitrogens with zero attached hydrogens (tertiary/aromatic N) is 2. The molecule has 1 rings (SSSR count). The van der Waals surface area contributed by atoms with Crippen LogP contribution in [0.2, 0.25) is 0 Å². The molecule has 0 fully saturated rings. The predicted octanol–water partition coefficient (Wildman–Crippen LogP) is 2.27. The van der Waals surface area contributed by atoms with Gasteiger partial charge in [0.25, 0.3) is 0 Å². The number of nitrogens with two attached hydrogens (primary N) is 1. The molecule has 1 aromatic heterocycles. The lowest BCUT2D eigenvalue weighted by Crippen LogP contribution is -2.33. The van der Waals surface area contributed by atoms with Crippen LogP contribution in [0.5, 0.6) is 0 Å². The molecule has 0 aliphatic heterocycles. The number of carbonyl (C=O) groups is 1. The molecule has 0 radical (unpaired) electrons. The number of aromatic nitrogens is 2. The Labute approximate surface area is 103 Å². The van der Waals surface area contributed by atoms with Gasteiger partial charge in [-0.2, -0.15) is 0 Å². The van der Waals surface area contributed by atoms with Gasteiger partial charge in [-0.15, -0.1) is 0 Å². The first-order valence-electron chi connectivity index (χ1n) is 5.98. The number of rotatable bonds is 4. The van der Waals surface area contributed by atoms with Crippen LogP contribution in [-0.4, -0.2) is 15.5 Å². The average Bonchev–Trinajstić information content (AvgIpc) is 2.39. The van der Waals surface area contributed by atoms with E-state index in [1.54, 1.807) is 0 Å². The highest BCUT2D eigenvalue weighted by molar-refractivity contribution is 5.79. The van der Waals surface area contributed by atoms with E-state index in [0.29, 0.717) is 0 Å². The van der Waals surface area contributed by atoms with Crippen molar-refractivity contribution in [3.8, 4) is 0 Å². The Morgan fingerprint density at radius 2 is 1.94 bits per heavy atom. The van der Waals surface area contributed by atoms with Gasteiger partial charge >= 0.3 is 0 Å². The van der Waals surface area contributed by atoms with E-state index in [-0.39, 0.29) is 11.9 Å². The first kappa shape index (κ1) is 13.7. The van der Waals surface area contributed by atoms with Crippen molar-refractivity contribution < 1.29 is 4.79 Å². The van der Waals surface area contributed by atoms with Gasteiger partial charge in [-0.25, -0.2) is 4.98 Å². The van der Waals surface area contributed by atoms with Crippen LogP contribution in [-0.2, 0) is 4.79 Å². The van der Waals surface area contributed by atoms with Crippen molar-refractivity contribution in [1.29, 1.82) is 0 Å². The maximum Gasteiger partial charge on any atom is 0.223 e. The smallest absolute Gasteiger partial charge is 0.223 e. The summed E-state index contributed by atoms with van der Waals surface area (Å²) in [6, 6.07) is 0.221. The molecule has 1 aromatic rings. The van der Waals surface area contributed by atoms with Gasteiger partial charge in [-0.1, -0.05) is 13.8 Å². The summed E-state index contributed by atoms with van der Waals surface area (Å²) in [5.41, 5.74) is 7.13. The lowest BCUT2D eigenvalue weighted by molar-refractivity contribution is -0.126. The van der Waals surface area contributed by atoms with Crippen LogP contribution in [0.1, 0.15) is 50.4 Å². The second-order valence-electron chi connectivity index (χ2n) is 5.50. The summed E-state index contributed by atoms with van der Waals surface area (Å²) in [5, 5.41) is 0. The van der Waals surface area contributed by atoms with Crippen LogP contribution in [0, 0.1) is 26.2 Å². The van der Waals surface area contributed by atoms with Gasteiger partial charge in [-0.3, -0.25) is 4.79 Å². The number of imidazole rings is 1. The van der Waals surface area contributed by atoms with E-state index in [2.05, 4.69) is 23.4 Å². The van der Waals surface area contributed by atoms with Crippen molar-refractivity contribution in [3.63, 3.8) is 0 Å². The average molecular weight is 237 g/mol. The quantitative estimate of drug-likeness (QED) is 0.873. The number of primary amides is 1. The summed E-state index contributed by atoms with van der Waals surface area (Å²) in [6.45, 7) is 11.9. The van der Waals surface area contributed by atoms with Crippen molar-refractivity contribution in [2.45, 2.75) is 54.0 Å². The molecular weight excluding hydrogens is 214 g/mol. The molecule has 0 bridgehead atoms. The lowest BCUT2D eigenvalue weighted by atomic mass is 9.85. The van der Waals surface area contributed by atoms with Crippen molar-refractivity contribution in [2.75, 3.05) is 0 Å². The van der Waals surface area contributed by atoms with Crippen LogP contribution in [0.4, 0.5) is 0 Å². The Morgan fingerprint density at radius 3 is 2.29 bits per heavy atom. The van der Waals surface area contributed by atoms with E-state index in [1.165, 1.54) is 0 Å². The van der Waals surface area contributed by atoms with Crippen molar-refractivity contribution in [2.24, 2.45) is 11.1 Å². The molecule has 0 aromatic carbocycles. The van der Waals surface area contributed by atoms with Crippen molar-refractivity contribution in [1.82, 2.24) is 9.55 Å². The van der Waals surface area contributed by atoms with Crippen LogP contribution >= 0.6 is 0 Å². The number of carbonyl (C=O) groups excluding carboxylic acids is 1. The third kappa shape index (κ3) is 2.68. The molecule has 1 unspecified atom stereocenters. The van der Waals surface area contributed by atoms with E-state index in [1.807, 2.05) is 27.7 Å². The standard InChI is InChI=1S/C13H23N3O/c1-8(7-13(5,6)12(14)17)16-10(3)9(2)15-11(16)4/h8H,7H2,1-6H3,(H2,14,17). The molecule has 2 N–H and O–H groups in total. The molecule has 0 saturated heterocycles. The fraction of sp³-hybridized carbons (Fsp3) is 0.692. The topological polar surface area (TPSA) is 60.9 Å². The van der Waals surface area contributed by atoms with Gasteiger partial charge in [0.1, 0.15) is 5.82 Å². The first-order chi connectivity index (χ1) is 7.66. The molecular formula is C13H23N3O. The molecule has 4 nitrogen and oxygen atoms in total. The monoisotopic (exact) mass is 237 g/mol. The van der Waals surface area contributed by atoms with Gasteiger partial charge < -0.3 is 10.3 Å². The van der Waals surface area contributed by atoms with E-state index >= 15 is 0 Å². The second-order valence-corrected chi connectivity index (χ2v) is 5.50. The third-order valence-electron chi connectivity index (χ3n) is 3.48. The molecule has 17 heavy (non-hydrogen) atoms. The summed E-state index contributed by atoms with van der Waals surface area (Å²) in [5.74, 6) is 0.740. The van der Waals surface area contributed by atoms with Crippen LogP contribution < -0.4 is 5.73 Å². The molecule has 0 saturated carbocycles. The molecule has 96 valence electrons. The Morgan fingerprint density at radius 1 is 1.41 bits per heavy atom. The van der Waals surface area contributed by atoms with E-state index in [9.17, 15) is 4.79 Å². The number of amides is 1. The zero-order valence-electron chi connectivity index (χ0n) is 11.7. The summed E-state index contributed by atoms with van der Waals surface area (Å²) in [6.07, 6.45) is 0.722. The van der Waals surface area contributed by atoms with Crippen LogP contribution in [0.15, 0.2) is 0 Å². The number of hydrogen-bond acceptors (Lipinski definition) is 2. The highest BCUT2D eigenvalue weighted by Gasteiger charge is 2.28. The third-order valence-corrected chi connectivity index (χ3v) is 3.48.